The molecular formula is C21H24N6O4S. The molecule has 32 heavy (non-hydrogen) atoms. The van der Waals surface area contributed by atoms with E-state index in [4.69, 9.17) is 5.26 Å². The maximum Gasteiger partial charge on any atom is 0.287 e. The average molecular weight is 457 g/mol. The molecule has 3 rings (SSSR count). The van der Waals surface area contributed by atoms with Crippen LogP contribution in [0.4, 0.5) is 17.1 Å². The molecule has 11 heteroatoms. The van der Waals surface area contributed by atoms with Gasteiger partial charge in [0.1, 0.15) is 4.90 Å². The number of nitrogens with one attached hydrogen (secondary N) is 2. The van der Waals surface area contributed by atoms with Crippen LogP contribution in [0.25, 0.3) is 0 Å². The standard InChI is InChI=1S/C21H24N6O4S/c1-16-7-6-8-17(13-16)24-19-10-9-18(27(28)29)14-20(19)32(30,31)25-21(23-15-22)26-11-4-2-3-5-12-26/h6-10,13-14,24H,2-5,11-12H2,1H3,(H,23,25). The number of nitro benzene ring substituents is 1. The van der Waals surface area contributed by atoms with Gasteiger partial charge in [0.2, 0.25) is 5.96 Å². The summed E-state index contributed by atoms with van der Waals surface area (Å²) in [6.07, 6.45) is 5.46. The second-order valence-corrected chi connectivity index (χ2v) is 9.03. The van der Waals surface area contributed by atoms with E-state index in [1.165, 1.54) is 12.1 Å². The molecule has 1 aliphatic rings. The van der Waals surface area contributed by atoms with Gasteiger partial charge in [0.05, 0.1) is 10.6 Å². The number of hydrogen-bond acceptors (Lipinski definition) is 6. The van der Waals surface area contributed by atoms with Gasteiger partial charge >= 0.3 is 0 Å². The zero-order chi connectivity index (χ0) is 23.1. The largest absolute Gasteiger partial charge is 0.354 e. The quantitative estimate of drug-likeness (QED) is 0.173. The van der Waals surface area contributed by atoms with Crippen LogP contribution < -0.4 is 10.6 Å². The van der Waals surface area contributed by atoms with Crippen LogP contribution in [-0.4, -0.2) is 37.3 Å². The minimum atomic E-state index is -4.39. The van der Waals surface area contributed by atoms with Crippen LogP contribution in [0.1, 0.15) is 31.2 Å². The van der Waals surface area contributed by atoms with Gasteiger partial charge in [0.15, 0.2) is 6.19 Å². The molecule has 2 N–H and O–H groups in total. The molecule has 2 aromatic rings. The summed E-state index contributed by atoms with van der Waals surface area (Å²) in [6, 6.07) is 10.8. The first-order chi connectivity index (χ1) is 15.3. The monoisotopic (exact) mass is 456 g/mol. The first-order valence-corrected chi connectivity index (χ1v) is 11.6. The molecule has 0 aliphatic carbocycles. The number of nitriles is 1. The van der Waals surface area contributed by atoms with Crippen molar-refractivity contribution in [1.82, 2.24) is 10.2 Å². The predicted molar refractivity (Wildman–Crippen MR) is 121 cm³/mol. The Labute approximate surface area is 186 Å². The van der Waals surface area contributed by atoms with Crippen LogP contribution in [0.5, 0.6) is 0 Å². The molecule has 0 atom stereocenters. The van der Waals surface area contributed by atoms with Crippen molar-refractivity contribution in [2.24, 2.45) is 4.40 Å². The topological polar surface area (TPSA) is 141 Å². The molecule has 1 fully saturated rings. The van der Waals surface area contributed by atoms with Crippen molar-refractivity contribution in [2.45, 2.75) is 37.5 Å². The fourth-order valence-corrected chi connectivity index (χ4v) is 4.63. The molecule has 1 aliphatic heterocycles. The van der Waals surface area contributed by atoms with Crippen molar-refractivity contribution in [1.29, 1.82) is 5.26 Å². The van der Waals surface area contributed by atoms with Gasteiger partial charge in [-0.1, -0.05) is 25.0 Å². The smallest absolute Gasteiger partial charge is 0.287 e. The average Bonchev–Trinajstić information content (AvgIpc) is 3.03. The Hall–Kier alpha value is -3.65. The molecule has 1 heterocycles. The number of nitrogens with zero attached hydrogens (tertiary/aromatic N) is 4. The fourth-order valence-electron chi connectivity index (χ4n) is 3.47. The van der Waals surface area contributed by atoms with Crippen molar-refractivity contribution >= 4 is 33.0 Å². The Balaban J connectivity index is 2.07. The molecule has 0 aromatic heterocycles. The molecular weight excluding hydrogens is 432 g/mol. The van der Waals surface area contributed by atoms with Crippen molar-refractivity contribution in [3.63, 3.8) is 0 Å². The highest BCUT2D eigenvalue weighted by Crippen LogP contribution is 2.31. The fraction of sp³-hybridized carbons (Fsp3) is 0.333. The normalized spacial score (nSPS) is 14.9. The number of anilines is 2. The summed E-state index contributed by atoms with van der Waals surface area (Å²) in [6.45, 7) is 3.02. The van der Waals surface area contributed by atoms with Gasteiger partial charge in [-0.15, -0.1) is 4.40 Å². The number of hydrogen-bond donors (Lipinski definition) is 2. The van der Waals surface area contributed by atoms with Crippen LogP contribution in [-0.2, 0) is 10.0 Å². The van der Waals surface area contributed by atoms with E-state index < -0.39 is 14.9 Å². The molecule has 0 spiro atoms. The number of sulfonamides is 1. The minimum Gasteiger partial charge on any atom is -0.354 e. The van der Waals surface area contributed by atoms with E-state index in [9.17, 15) is 18.5 Å². The van der Waals surface area contributed by atoms with Gasteiger partial charge < -0.3 is 10.2 Å². The second kappa shape index (κ2) is 10.1. The molecule has 0 amide bonds. The highest BCUT2D eigenvalue weighted by molar-refractivity contribution is 7.90. The van der Waals surface area contributed by atoms with Gasteiger partial charge in [-0.2, -0.15) is 13.7 Å². The molecule has 0 unspecified atom stereocenters. The highest BCUT2D eigenvalue weighted by Gasteiger charge is 2.25. The minimum absolute atomic E-state index is 0.0811. The summed E-state index contributed by atoms with van der Waals surface area (Å²) in [4.78, 5) is 12.0. The third-order valence-electron chi connectivity index (χ3n) is 5.03. The second-order valence-electron chi connectivity index (χ2n) is 7.46. The summed E-state index contributed by atoms with van der Waals surface area (Å²) in [5, 5.41) is 25.8. The molecule has 168 valence electrons. The van der Waals surface area contributed by atoms with Crippen LogP contribution in [0.3, 0.4) is 0 Å². The number of aryl methyl sites for hydroxylation is 1. The van der Waals surface area contributed by atoms with Crippen molar-refractivity contribution in [3.8, 4) is 6.19 Å². The molecule has 0 radical (unpaired) electrons. The number of non-ortho nitro benzene ring substituents is 1. The lowest BCUT2D eigenvalue weighted by molar-refractivity contribution is -0.385. The highest BCUT2D eigenvalue weighted by atomic mass is 32.2. The Morgan fingerprint density at radius 2 is 1.88 bits per heavy atom. The van der Waals surface area contributed by atoms with Crippen molar-refractivity contribution < 1.29 is 13.3 Å². The zero-order valence-corrected chi connectivity index (χ0v) is 18.4. The van der Waals surface area contributed by atoms with Gasteiger partial charge in [-0.05, 0) is 43.5 Å². The first-order valence-electron chi connectivity index (χ1n) is 10.2. The summed E-state index contributed by atoms with van der Waals surface area (Å²) in [5.41, 5.74) is 1.36. The van der Waals surface area contributed by atoms with Gasteiger partial charge in [0.25, 0.3) is 15.7 Å². The van der Waals surface area contributed by atoms with E-state index in [-0.39, 0.29) is 22.2 Å². The number of guanidine groups is 1. The summed E-state index contributed by atoms with van der Waals surface area (Å²) >= 11 is 0. The first kappa shape index (κ1) is 23.0. The third-order valence-corrected chi connectivity index (χ3v) is 6.34. The van der Waals surface area contributed by atoms with Gasteiger partial charge in [-0.25, -0.2) is 0 Å². The van der Waals surface area contributed by atoms with E-state index in [0.717, 1.165) is 37.3 Å². The van der Waals surface area contributed by atoms with Gasteiger partial charge in [-0.3, -0.25) is 15.4 Å². The van der Waals surface area contributed by atoms with Crippen molar-refractivity contribution in [3.05, 3.63) is 58.1 Å². The lowest BCUT2D eigenvalue weighted by Crippen LogP contribution is -2.40. The summed E-state index contributed by atoms with van der Waals surface area (Å²) in [7, 11) is -4.39. The number of likely N-dealkylation sites (tertiary alicyclic amines) is 1. The van der Waals surface area contributed by atoms with E-state index in [0.29, 0.717) is 18.8 Å². The van der Waals surface area contributed by atoms with Gasteiger partial charge in [0, 0.05) is 30.9 Å². The number of rotatable bonds is 5. The molecule has 10 nitrogen and oxygen atoms in total. The van der Waals surface area contributed by atoms with E-state index >= 15 is 0 Å². The molecule has 2 aromatic carbocycles. The zero-order valence-electron chi connectivity index (χ0n) is 17.6. The van der Waals surface area contributed by atoms with Crippen molar-refractivity contribution in [2.75, 3.05) is 18.4 Å². The third kappa shape index (κ3) is 5.73. The Morgan fingerprint density at radius 3 is 2.50 bits per heavy atom. The number of benzene rings is 2. The lowest BCUT2D eigenvalue weighted by Gasteiger charge is -2.22. The lowest BCUT2D eigenvalue weighted by atomic mass is 10.2. The van der Waals surface area contributed by atoms with Crippen LogP contribution in [0.2, 0.25) is 0 Å². The predicted octanol–water partition coefficient (Wildman–Crippen LogP) is 3.64. The molecule has 1 saturated heterocycles. The maximum absolute atomic E-state index is 13.3. The summed E-state index contributed by atoms with van der Waals surface area (Å²) in [5.74, 6) is -0.0811. The van der Waals surface area contributed by atoms with Crippen LogP contribution in [0.15, 0.2) is 51.8 Å². The van der Waals surface area contributed by atoms with Crippen LogP contribution >= 0.6 is 0 Å². The molecule has 0 bridgehead atoms. The Kier molecular flexibility index (Phi) is 7.27. The Morgan fingerprint density at radius 1 is 1.16 bits per heavy atom. The van der Waals surface area contributed by atoms with Crippen LogP contribution in [0, 0.1) is 28.5 Å². The SMILES string of the molecule is Cc1cccc(Nc2ccc([N+](=O)[O-])cc2S(=O)(=O)/N=C(\NC#N)N2CCCCCC2)c1. The Bertz CT molecular complexity index is 1170. The van der Waals surface area contributed by atoms with E-state index in [1.807, 2.05) is 25.1 Å². The maximum atomic E-state index is 13.3. The van der Waals surface area contributed by atoms with E-state index in [1.54, 1.807) is 17.2 Å². The molecule has 0 saturated carbocycles. The number of nitro groups is 1. The van der Waals surface area contributed by atoms with E-state index in [2.05, 4.69) is 15.0 Å². The summed E-state index contributed by atoms with van der Waals surface area (Å²) < 4.78 is 30.4.